The summed E-state index contributed by atoms with van der Waals surface area (Å²) in [7, 11) is 0. The summed E-state index contributed by atoms with van der Waals surface area (Å²) in [6, 6.07) is 12.7. The number of β-amino-alcohol motifs (C(OH)–C–C–N with tert-alkyl or cyclic N) is 1. The summed E-state index contributed by atoms with van der Waals surface area (Å²) < 4.78 is 24.6. The molecule has 0 spiro atoms. The molecule has 5 heteroatoms. The monoisotopic (exact) mass is 329 g/mol. The quantitative estimate of drug-likeness (QED) is 0.940. The van der Waals surface area contributed by atoms with Crippen molar-refractivity contribution in [1.82, 2.24) is 4.90 Å². The van der Waals surface area contributed by atoms with Crippen LogP contribution in [0.3, 0.4) is 0 Å². The van der Waals surface area contributed by atoms with E-state index in [2.05, 4.69) is 4.90 Å². The standard InChI is InChI=1S/C19H20FNO3/c20-16-4-2-1-3-14(16)10-21-8-7-15(17(22)11-21)13-5-6-18-19(9-13)24-12-23-18/h1-6,9,15,17,22H,7-8,10-12H2/t15-,17+/m0/s1. The average molecular weight is 329 g/mol. The summed E-state index contributed by atoms with van der Waals surface area (Å²) in [5.74, 6) is 1.37. The molecule has 4 nitrogen and oxygen atoms in total. The fourth-order valence-corrected chi connectivity index (χ4v) is 3.54. The molecule has 2 aromatic carbocycles. The molecule has 2 aliphatic heterocycles. The van der Waals surface area contributed by atoms with E-state index in [9.17, 15) is 9.50 Å². The van der Waals surface area contributed by atoms with Crippen LogP contribution in [-0.4, -0.2) is 36.0 Å². The maximum Gasteiger partial charge on any atom is 0.231 e. The highest BCUT2D eigenvalue weighted by Crippen LogP contribution is 2.37. The van der Waals surface area contributed by atoms with Gasteiger partial charge in [-0.1, -0.05) is 24.3 Å². The lowest BCUT2D eigenvalue weighted by Gasteiger charge is -2.36. The number of hydrogen-bond acceptors (Lipinski definition) is 4. The molecule has 24 heavy (non-hydrogen) atoms. The number of fused-ring (bicyclic) bond motifs is 1. The van der Waals surface area contributed by atoms with Crippen LogP contribution in [0.4, 0.5) is 4.39 Å². The van der Waals surface area contributed by atoms with Crippen molar-refractivity contribution in [2.24, 2.45) is 0 Å². The Balaban J connectivity index is 1.44. The SMILES string of the molecule is O[C@@H]1CN(Cc2ccccc2F)CC[C@H]1c1ccc2c(c1)OCO2. The number of nitrogens with zero attached hydrogens (tertiary/aromatic N) is 1. The van der Waals surface area contributed by atoms with E-state index < -0.39 is 6.10 Å². The van der Waals surface area contributed by atoms with Crippen molar-refractivity contribution >= 4 is 0 Å². The first-order valence-electron chi connectivity index (χ1n) is 8.24. The average Bonchev–Trinajstić information content (AvgIpc) is 3.05. The van der Waals surface area contributed by atoms with Gasteiger partial charge >= 0.3 is 0 Å². The smallest absolute Gasteiger partial charge is 0.231 e. The minimum atomic E-state index is -0.481. The van der Waals surface area contributed by atoms with Gasteiger partial charge in [-0.2, -0.15) is 0 Å². The molecular weight excluding hydrogens is 309 g/mol. The van der Waals surface area contributed by atoms with Gasteiger partial charge in [0.15, 0.2) is 11.5 Å². The molecule has 2 atom stereocenters. The zero-order valence-corrected chi connectivity index (χ0v) is 13.3. The van der Waals surface area contributed by atoms with Crippen LogP contribution < -0.4 is 9.47 Å². The summed E-state index contributed by atoms with van der Waals surface area (Å²) in [6.07, 6.45) is 0.348. The van der Waals surface area contributed by atoms with E-state index in [1.165, 1.54) is 6.07 Å². The molecular formula is C19H20FNO3. The van der Waals surface area contributed by atoms with E-state index in [0.717, 1.165) is 30.0 Å². The van der Waals surface area contributed by atoms with Crippen molar-refractivity contribution in [2.45, 2.75) is 25.0 Å². The first kappa shape index (κ1) is 15.4. The highest BCUT2D eigenvalue weighted by Gasteiger charge is 2.30. The van der Waals surface area contributed by atoms with E-state index in [4.69, 9.17) is 9.47 Å². The maximum absolute atomic E-state index is 13.8. The summed E-state index contributed by atoms with van der Waals surface area (Å²) >= 11 is 0. The first-order chi connectivity index (χ1) is 11.7. The van der Waals surface area contributed by atoms with E-state index in [0.29, 0.717) is 18.7 Å². The molecule has 0 radical (unpaired) electrons. The van der Waals surface area contributed by atoms with Crippen LogP contribution in [0.5, 0.6) is 11.5 Å². The van der Waals surface area contributed by atoms with Gasteiger partial charge in [-0.05, 0) is 36.7 Å². The minimum Gasteiger partial charge on any atom is -0.454 e. The van der Waals surface area contributed by atoms with Crippen molar-refractivity contribution in [2.75, 3.05) is 19.9 Å². The predicted molar refractivity (Wildman–Crippen MR) is 87.6 cm³/mol. The molecule has 0 aromatic heterocycles. The Hall–Kier alpha value is -2.11. The topological polar surface area (TPSA) is 41.9 Å². The van der Waals surface area contributed by atoms with Gasteiger partial charge in [-0.3, -0.25) is 4.90 Å². The summed E-state index contributed by atoms with van der Waals surface area (Å²) in [5.41, 5.74) is 1.74. The summed E-state index contributed by atoms with van der Waals surface area (Å²) in [4.78, 5) is 2.10. The second-order valence-corrected chi connectivity index (χ2v) is 6.40. The van der Waals surface area contributed by atoms with Crippen LogP contribution >= 0.6 is 0 Å². The van der Waals surface area contributed by atoms with E-state index >= 15 is 0 Å². The zero-order chi connectivity index (χ0) is 16.5. The Kier molecular flexibility index (Phi) is 4.12. The number of hydrogen-bond donors (Lipinski definition) is 1. The number of halogens is 1. The van der Waals surface area contributed by atoms with Crippen molar-refractivity contribution in [3.05, 3.63) is 59.4 Å². The van der Waals surface area contributed by atoms with Crippen molar-refractivity contribution in [1.29, 1.82) is 0 Å². The Morgan fingerprint density at radius 2 is 1.96 bits per heavy atom. The van der Waals surface area contributed by atoms with Crippen molar-refractivity contribution in [3.8, 4) is 11.5 Å². The third kappa shape index (κ3) is 2.97. The number of piperidine rings is 1. The Bertz CT molecular complexity index is 736. The number of likely N-dealkylation sites (tertiary alicyclic amines) is 1. The molecule has 1 N–H and O–H groups in total. The second-order valence-electron chi connectivity index (χ2n) is 6.40. The third-order valence-corrected chi connectivity index (χ3v) is 4.84. The third-order valence-electron chi connectivity index (χ3n) is 4.84. The van der Waals surface area contributed by atoms with Crippen LogP contribution in [-0.2, 0) is 6.54 Å². The molecule has 2 aromatic rings. The molecule has 0 unspecified atom stereocenters. The lowest BCUT2D eigenvalue weighted by Crippen LogP contribution is -2.42. The van der Waals surface area contributed by atoms with Gasteiger partial charge in [-0.25, -0.2) is 4.39 Å². The van der Waals surface area contributed by atoms with Crippen LogP contribution in [0.2, 0.25) is 0 Å². The molecule has 2 heterocycles. The van der Waals surface area contributed by atoms with Crippen LogP contribution in [0.1, 0.15) is 23.5 Å². The first-order valence-corrected chi connectivity index (χ1v) is 8.24. The number of aliphatic hydroxyl groups excluding tert-OH is 1. The fourth-order valence-electron chi connectivity index (χ4n) is 3.54. The van der Waals surface area contributed by atoms with E-state index in [-0.39, 0.29) is 18.5 Å². The number of rotatable bonds is 3. The van der Waals surface area contributed by atoms with Gasteiger partial charge in [0.2, 0.25) is 6.79 Å². The summed E-state index contributed by atoms with van der Waals surface area (Å²) in [5, 5.41) is 10.6. The number of aliphatic hydroxyl groups is 1. The van der Waals surface area contributed by atoms with Gasteiger partial charge in [0.1, 0.15) is 5.82 Å². The maximum atomic E-state index is 13.8. The predicted octanol–water partition coefficient (Wildman–Crippen LogP) is 2.90. The summed E-state index contributed by atoms with van der Waals surface area (Å²) in [6.45, 7) is 2.14. The molecule has 0 amide bonds. The highest BCUT2D eigenvalue weighted by molar-refractivity contribution is 5.45. The molecule has 1 saturated heterocycles. The molecule has 0 bridgehead atoms. The largest absolute Gasteiger partial charge is 0.454 e. The van der Waals surface area contributed by atoms with Crippen LogP contribution in [0, 0.1) is 5.82 Å². The fraction of sp³-hybridized carbons (Fsp3) is 0.368. The Morgan fingerprint density at radius 1 is 1.12 bits per heavy atom. The van der Waals surface area contributed by atoms with E-state index in [1.807, 2.05) is 24.3 Å². The molecule has 0 saturated carbocycles. The van der Waals surface area contributed by atoms with E-state index in [1.54, 1.807) is 12.1 Å². The zero-order valence-electron chi connectivity index (χ0n) is 13.3. The van der Waals surface area contributed by atoms with Gasteiger partial charge in [0.05, 0.1) is 6.10 Å². The van der Waals surface area contributed by atoms with Crippen molar-refractivity contribution in [3.63, 3.8) is 0 Å². The van der Waals surface area contributed by atoms with Crippen LogP contribution in [0.25, 0.3) is 0 Å². The van der Waals surface area contributed by atoms with Crippen molar-refractivity contribution < 1.29 is 19.0 Å². The molecule has 2 aliphatic rings. The van der Waals surface area contributed by atoms with Gasteiger partial charge in [0, 0.05) is 24.6 Å². The van der Waals surface area contributed by atoms with Gasteiger partial charge in [-0.15, -0.1) is 0 Å². The number of benzene rings is 2. The Labute approximate surface area is 140 Å². The second kappa shape index (κ2) is 6.42. The lowest BCUT2D eigenvalue weighted by molar-refractivity contribution is 0.0471. The van der Waals surface area contributed by atoms with Gasteiger partial charge in [0.25, 0.3) is 0 Å². The highest BCUT2D eigenvalue weighted by atomic mass is 19.1. The number of ether oxygens (including phenoxy) is 2. The van der Waals surface area contributed by atoms with Crippen LogP contribution in [0.15, 0.2) is 42.5 Å². The Morgan fingerprint density at radius 3 is 2.79 bits per heavy atom. The minimum absolute atomic E-state index is 0.0661. The molecule has 0 aliphatic carbocycles. The van der Waals surface area contributed by atoms with Gasteiger partial charge < -0.3 is 14.6 Å². The normalized spacial score (nSPS) is 23.4. The molecule has 126 valence electrons. The lowest BCUT2D eigenvalue weighted by atomic mass is 9.86. The molecule has 1 fully saturated rings. The molecule has 4 rings (SSSR count).